The van der Waals surface area contributed by atoms with Gasteiger partial charge in [-0.1, -0.05) is 72.3 Å². The first kappa shape index (κ1) is 35.7. The quantitative estimate of drug-likeness (QED) is 0.115. The third-order valence-corrected chi connectivity index (χ3v) is 11.2. The topological polar surface area (TPSA) is 89.9 Å². The Balaban J connectivity index is 1.35. The van der Waals surface area contributed by atoms with E-state index in [9.17, 15) is 13.2 Å². The van der Waals surface area contributed by atoms with Gasteiger partial charge in [0.2, 0.25) is 10.0 Å². The van der Waals surface area contributed by atoms with E-state index >= 15 is 0 Å². The molecule has 0 spiro atoms. The minimum Gasteiger partial charge on any atom is -0.493 e. The Morgan fingerprint density at radius 2 is 1.62 bits per heavy atom. The fraction of sp³-hybridized carbons (Fsp3) is 0.325. The second-order valence-corrected chi connectivity index (χ2v) is 15.1. The van der Waals surface area contributed by atoms with Crippen LogP contribution < -0.4 is 9.46 Å². The van der Waals surface area contributed by atoms with E-state index in [0.717, 1.165) is 52.7 Å². The number of esters is 1. The van der Waals surface area contributed by atoms with E-state index in [0.29, 0.717) is 48.4 Å². The molecular weight excluding hydrogens is 670 g/mol. The van der Waals surface area contributed by atoms with Crippen LogP contribution in [0.1, 0.15) is 58.5 Å². The molecule has 0 saturated carbocycles. The molecule has 2 heterocycles. The molecule has 262 valence electrons. The zero-order valence-electron chi connectivity index (χ0n) is 28.6. The molecule has 1 aliphatic rings. The Morgan fingerprint density at radius 1 is 0.940 bits per heavy atom. The van der Waals surface area contributed by atoms with Crippen LogP contribution in [0.25, 0.3) is 10.9 Å². The van der Waals surface area contributed by atoms with Crippen molar-refractivity contribution in [3.63, 3.8) is 0 Å². The van der Waals surface area contributed by atoms with Gasteiger partial charge < -0.3 is 14.0 Å². The standard InChI is InChI=1S/C40H44ClN3O5S/c1-29-10-9-24-43(29)25-27-50(46,47)42-23-21-38-35(22-26-49-34-18-15-32(16-19-34)40(45)48-2)36-28-33(41)17-20-37(36)44(38)39(30-11-5-3-6-12-30)31-13-7-4-8-14-31/h3-8,11-20,28-29,39,42H,9-10,21-27H2,1-2H3. The van der Waals surface area contributed by atoms with Crippen molar-refractivity contribution < 1.29 is 22.7 Å². The summed E-state index contributed by atoms with van der Waals surface area (Å²) in [5.41, 5.74) is 5.74. The van der Waals surface area contributed by atoms with Crippen molar-refractivity contribution >= 4 is 38.5 Å². The number of ether oxygens (including phenoxy) is 2. The molecule has 1 aliphatic heterocycles. The predicted octanol–water partition coefficient (Wildman–Crippen LogP) is 7.29. The summed E-state index contributed by atoms with van der Waals surface area (Å²) in [4.78, 5) is 14.2. The van der Waals surface area contributed by atoms with E-state index in [1.165, 1.54) is 7.11 Å². The number of nitrogens with zero attached hydrogens (tertiary/aromatic N) is 2. The SMILES string of the molecule is COC(=O)c1ccc(OCCc2c(CCNS(=O)(=O)CCN3CCCC3C)n(C(c3ccccc3)c3ccccc3)c3ccc(Cl)cc23)cc1. The number of carbonyl (C=O) groups excluding carboxylic acids is 1. The second-order valence-electron chi connectivity index (χ2n) is 12.8. The molecule has 0 aliphatic carbocycles. The second kappa shape index (κ2) is 16.2. The van der Waals surface area contributed by atoms with Gasteiger partial charge in [0.15, 0.2) is 0 Å². The number of hydrogen-bond acceptors (Lipinski definition) is 6. The molecule has 1 N–H and O–H groups in total. The highest BCUT2D eigenvalue weighted by Crippen LogP contribution is 2.38. The highest BCUT2D eigenvalue weighted by atomic mass is 35.5. The molecule has 0 radical (unpaired) electrons. The van der Waals surface area contributed by atoms with E-state index in [1.807, 2.05) is 48.5 Å². The van der Waals surface area contributed by atoms with Crippen LogP contribution in [0.15, 0.2) is 103 Å². The number of likely N-dealkylation sites (tertiary alicyclic amines) is 1. The zero-order chi connectivity index (χ0) is 35.1. The third kappa shape index (κ3) is 8.41. The average molecular weight is 714 g/mol. The van der Waals surface area contributed by atoms with Crippen LogP contribution in [0.5, 0.6) is 5.75 Å². The minimum absolute atomic E-state index is 0.0715. The molecule has 1 aromatic heterocycles. The summed E-state index contributed by atoms with van der Waals surface area (Å²) in [6.07, 6.45) is 3.23. The molecule has 6 rings (SSSR count). The first-order valence-corrected chi connectivity index (χ1v) is 19.2. The van der Waals surface area contributed by atoms with Gasteiger partial charge in [0.1, 0.15) is 5.75 Å². The number of carbonyl (C=O) groups is 1. The summed E-state index contributed by atoms with van der Waals surface area (Å²) in [6, 6.07) is 33.8. The molecule has 8 nitrogen and oxygen atoms in total. The Morgan fingerprint density at radius 3 is 2.24 bits per heavy atom. The van der Waals surface area contributed by atoms with Gasteiger partial charge in [-0.15, -0.1) is 0 Å². The van der Waals surface area contributed by atoms with Gasteiger partial charge in [-0.25, -0.2) is 17.9 Å². The molecule has 1 fully saturated rings. The first-order valence-electron chi connectivity index (χ1n) is 17.2. The lowest BCUT2D eigenvalue weighted by molar-refractivity contribution is 0.0600. The molecular formula is C40H44ClN3O5S. The third-order valence-electron chi connectivity index (χ3n) is 9.59. The van der Waals surface area contributed by atoms with E-state index in [4.69, 9.17) is 21.1 Å². The smallest absolute Gasteiger partial charge is 0.337 e. The number of rotatable bonds is 15. The van der Waals surface area contributed by atoms with Crippen LogP contribution in [0.2, 0.25) is 5.02 Å². The Labute approximate surface area is 300 Å². The summed E-state index contributed by atoms with van der Waals surface area (Å²) < 4.78 is 42.8. The van der Waals surface area contributed by atoms with Crippen LogP contribution in [0, 0.1) is 0 Å². The molecule has 1 atom stereocenters. The van der Waals surface area contributed by atoms with Crippen molar-refractivity contribution in [1.82, 2.24) is 14.2 Å². The van der Waals surface area contributed by atoms with Crippen molar-refractivity contribution in [2.24, 2.45) is 0 Å². The number of hydrogen-bond donors (Lipinski definition) is 1. The first-order chi connectivity index (χ1) is 24.2. The highest BCUT2D eigenvalue weighted by molar-refractivity contribution is 7.89. The van der Waals surface area contributed by atoms with Crippen molar-refractivity contribution in [3.05, 3.63) is 136 Å². The maximum atomic E-state index is 13.3. The molecule has 4 aromatic carbocycles. The van der Waals surface area contributed by atoms with E-state index in [-0.39, 0.29) is 18.3 Å². The van der Waals surface area contributed by atoms with Crippen molar-refractivity contribution in [2.75, 3.05) is 39.1 Å². The van der Waals surface area contributed by atoms with Crippen LogP contribution in [0.3, 0.4) is 0 Å². The van der Waals surface area contributed by atoms with Gasteiger partial charge in [-0.3, -0.25) is 4.90 Å². The summed E-state index contributed by atoms with van der Waals surface area (Å²) >= 11 is 6.64. The number of fused-ring (bicyclic) bond motifs is 1. The monoisotopic (exact) mass is 713 g/mol. The summed E-state index contributed by atoms with van der Waals surface area (Å²) in [5.74, 6) is 0.299. The van der Waals surface area contributed by atoms with Crippen LogP contribution in [-0.4, -0.2) is 69.0 Å². The van der Waals surface area contributed by atoms with Crippen molar-refractivity contribution in [3.8, 4) is 5.75 Å². The lowest BCUT2D eigenvalue weighted by Crippen LogP contribution is -2.37. The lowest BCUT2D eigenvalue weighted by atomic mass is 9.97. The normalized spacial score (nSPS) is 15.2. The van der Waals surface area contributed by atoms with Crippen molar-refractivity contribution in [1.29, 1.82) is 0 Å². The lowest BCUT2D eigenvalue weighted by Gasteiger charge is -2.25. The van der Waals surface area contributed by atoms with Gasteiger partial charge in [-0.2, -0.15) is 0 Å². The average Bonchev–Trinajstić information content (AvgIpc) is 3.68. The maximum Gasteiger partial charge on any atom is 0.337 e. The van der Waals surface area contributed by atoms with Crippen molar-refractivity contribution in [2.45, 2.75) is 44.7 Å². The number of methoxy groups -OCH3 is 1. The summed E-state index contributed by atoms with van der Waals surface area (Å²) in [6.45, 7) is 4.25. The largest absolute Gasteiger partial charge is 0.493 e. The van der Waals surface area contributed by atoms with E-state index < -0.39 is 16.0 Å². The number of nitrogens with one attached hydrogen (secondary N) is 1. The molecule has 10 heteroatoms. The molecule has 0 amide bonds. The number of aromatic nitrogens is 1. The van der Waals surface area contributed by atoms with Crippen LogP contribution >= 0.6 is 11.6 Å². The Hall–Kier alpha value is -4.15. The summed E-state index contributed by atoms with van der Waals surface area (Å²) in [7, 11) is -2.14. The van der Waals surface area contributed by atoms with E-state index in [1.54, 1.807) is 24.3 Å². The Kier molecular flexibility index (Phi) is 11.6. The van der Waals surface area contributed by atoms with Crippen LogP contribution in [-0.2, 0) is 27.6 Å². The molecule has 50 heavy (non-hydrogen) atoms. The predicted molar refractivity (Wildman–Crippen MR) is 200 cm³/mol. The molecule has 5 aromatic rings. The van der Waals surface area contributed by atoms with Gasteiger partial charge in [0, 0.05) is 53.6 Å². The number of sulfonamides is 1. The van der Waals surface area contributed by atoms with Gasteiger partial charge in [0.25, 0.3) is 0 Å². The van der Waals surface area contributed by atoms with Crippen LogP contribution in [0.4, 0.5) is 0 Å². The molecule has 0 bridgehead atoms. The highest BCUT2D eigenvalue weighted by Gasteiger charge is 2.27. The molecule has 1 unspecified atom stereocenters. The number of halogens is 1. The zero-order valence-corrected chi connectivity index (χ0v) is 30.1. The van der Waals surface area contributed by atoms with E-state index in [2.05, 4.69) is 51.4 Å². The minimum atomic E-state index is -3.49. The number of benzene rings is 4. The van der Waals surface area contributed by atoms with Gasteiger partial charge >= 0.3 is 5.97 Å². The summed E-state index contributed by atoms with van der Waals surface area (Å²) in [5, 5.41) is 1.62. The molecule has 1 saturated heterocycles. The Bertz CT molecular complexity index is 1960. The maximum absolute atomic E-state index is 13.3. The fourth-order valence-corrected chi connectivity index (χ4v) is 8.25. The van der Waals surface area contributed by atoms with Gasteiger partial charge in [0.05, 0.1) is 31.1 Å². The fourth-order valence-electron chi connectivity index (χ4n) is 7.05. The van der Waals surface area contributed by atoms with Gasteiger partial charge in [-0.05, 0) is 85.5 Å².